The quantitative estimate of drug-likeness (QED) is 0.341. The molecule has 1 atom stereocenters. The van der Waals surface area contributed by atoms with E-state index in [1.807, 2.05) is 6.92 Å². The third-order valence-electron chi connectivity index (χ3n) is 4.32. The van der Waals surface area contributed by atoms with E-state index in [-0.39, 0.29) is 12.0 Å². The fourth-order valence-electron chi connectivity index (χ4n) is 2.88. The Balaban J connectivity index is 2.56. The molecule has 0 fully saturated rings. The molecule has 136 valence electrons. The number of esters is 1. The topological polar surface area (TPSA) is 29.5 Å². The minimum atomic E-state index is -0.0845. The van der Waals surface area contributed by atoms with Gasteiger partial charge < -0.3 is 4.74 Å². The average molecular weight is 398 g/mol. The van der Waals surface area contributed by atoms with Crippen LogP contribution in [0.25, 0.3) is 0 Å². The second-order valence-corrected chi connectivity index (χ2v) is 7.32. The first-order valence-corrected chi connectivity index (χ1v) is 9.96. The van der Waals surface area contributed by atoms with Gasteiger partial charge in [-0.3, -0.25) is 9.69 Å². The Bertz CT molecular complexity index is 461. The third-order valence-corrected chi connectivity index (χ3v) is 4.85. The molecule has 1 unspecified atom stereocenters. The standard InChI is InChI=1S/C20H32BrNO2/c1-4-6-7-8-9-10-19(15-20(23)24-5-2)22(3)16-17-11-13-18(21)14-12-17/h11-14,19H,4-10,15-16H2,1-3H3. The highest BCUT2D eigenvalue weighted by Crippen LogP contribution is 2.18. The SMILES string of the molecule is CCCCCCCC(CC(=O)OCC)N(C)Cc1ccc(Br)cc1. The Morgan fingerprint density at radius 2 is 1.79 bits per heavy atom. The van der Waals surface area contributed by atoms with Crippen LogP contribution in [0.15, 0.2) is 28.7 Å². The molecule has 0 spiro atoms. The zero-order chi connectivity index (χ0) is 17.8. The molecule has 0 saturated heterocycles. The maximum absolute atomic E-state index is 11.9. The highest BCUT2D eigenvalue weighted by molar-refractivity contribution is 9.10. The number of hydrogen-bond acceptors (Lipinski definition) is 3. The van der Waals surface area contributed by atoms with Crippen molar-refractivity contribution in [2.45, 2.75) is 71.4 Å². The van der Waals surface area contributed by atoms with Crippen molar-refractivity contribution in [2.24, 2.45) is 0 Å². The molecule has 24 heavy (non-hydrogen) atoms. The van der Waals surface area contributed by atoms with E-state index in [1.165, 1.54) is 37.7 Å². The molecule has 1 rings (SSSR count). The van der Waals surface area contributed by atoms with Crippen LogP contribution in [0.1, 0.15) is 64.4 Å². The maximum atomic E-state index is 11.9. The third kappa shape index (κ3) is 8.84. The number of rotatable bonds is 12. The van der Waals surface area contributed by atoms with Crippen molar-refractivity contribution < 1.29 is 9.53 Å². The van der Waals surface area contributed by atoms with Crippen molar-refractivity contribution >= 4 is 21.9 Å². The van der Waals surface area contributed by atoms with Gasteiger partial charge in [-0.25, -0.2) is 0 Å². The van der Waals surface area contributed by atoms with Gasteiger partial charge in [0.05, 0.1) is 13.0 Å². The number of benzene rings is 1. The molecule has 0 saturated carbocycles. The summed E-state index contributed by atoms with van der Waals surface area (Å²) in [6, 6.07) is 8.63. The summed E-state index contributed by atoms with van der Waals surface area (Å²) in [6.45, 7) is 5.41. The minimum Gasteiger partial charge on any atom is -0.466 e. The van der Waals surface area contributed by atoms with E-state index in [1.54, 1.807) is 0 Å². The second-order valence-electron chi connectivity index (χ2n) is 6.41. The lowest BCUT2D eigenvalue weighted by Crippen LogP contribution is -2.33. The molecule has 0 aromatic heterocycles. The van der Waals surface area contributed by atoms with Crippen molar-refractivity contribution in [2.75, 3.05) is 13.7 Å². The van der Waals surface area contributed by atoms with E-state index < -0.39 is 0 Å². The maximum Gasteiger partial charge on any atom is 0.307 e. The largest absolute Gasteiger partial charge is 0.466 e. The average Bonchev–Trinajstić information content (AvgIpc) is 2.56. The summed E-state index contributed by atoms with van der Waals surface area (Å²) in [5, 5.41) is 0. The summed E-state index contributed by atoms with van der Waals surface area (Å²) in [7, 11) is 2.11. The number of nitrogens with zero attached hydrogens (tertiary/aromatic N) is 1. The van der Waals surface area contributed by atoms with Gasteiger partial charge in [-0.1, -0.05) is 67.1 Å². The molecule has 0 heterocycles. The molecule has 0 amide bonds. The fraction of sp³-hybridized carbons (Fsp3) is 0.650. The summed E-state index contributed by atoms with van der Waals surface area (Å²) >= 11 is 3.47. The lowest BCUT2D eigenvalue weighted by atomic mass is 10.0. The molecule has 0 radical (unpaired) electrons. The van der Waals surface area contributed by atoms with Gasteiger partial charge in [0.15, 0.2) is 0 Å². The molecular formula is C20H32BrNO2. The summed E-state index contributed by atoms with van der Waals surface area (Å²) < 4.78 is 6.25. The van der Waals surface area contributed by atoms with Crippen LogP contribution in [0.3, 0.4) is 0 Å². The van der Waals surface area contributed by atoms with Crippen molar-refractivity contribution in [1.82, 2.24) is 4.90 Å². The number of ether oxygens (including phenoxy) is 1. The van der Waals surface area contributed by atoms with Gasteiger partial charge in [-0.05, 0) is 38.1 Å². The smallest absolute Gasteiger partial charge is 0.307 e. The fourth-order valence-corrected chi connectivity index (χ4v) is 3.15. The molecule has 0 N–H and O–H groups in total. The van der Waals surface area contributed by atoms with Crippen LogP contribution in [-0.2, 0) is 16.1 Å². The van der Waals surface area contributed by atoms with Gasteiger partial charge in [0, 0.05) is 17.1 Å². The normalized spacial score (nSPS) is 12.4. The molecule has 0 aliphatic carbocycles. The van der Waals surface area contributed by atoms with Crippen LogP contribution in [-0.4, -0.2) is 30.6 Å². The van der Waals surface area contributed by atoms with Crippen molar-refractivity contribution in [3.8, 4) is 0 Å². The zero-order valence-corrected chi connectivity index (χ0v) is 17.0. The van der Waals surface area contributed by atoms with Crippen LogP contribution in [0, 0.1) is 0 Å². The summed E-state index contributed by atoms with van der Waals surface area (Å²) in [4.78, 5) is 14.2. The first-order valence-electron chi connectivity index (χ1n) is 9.17. The lowest BCUT2D eigenvalue weighted by molar-refractivity contribution is -0.144. The minimum absolute atomic E-state index is 0.0845. The number of halogens is 1. The number of carbonyl (C=O) groups excluding carboxylic acids is 1. The van der Waals surface area contributed by atoms with E-state index in [4.69, 9.17) is 4.74 Å². The highest BCUT2D eigenvalue weighted by atomic mass is 79.9. The molecule has 0 aliphatic rings. The van der Waals surface area contributed by atoms with Crippen molar-refractivity contribution in [3.05, 3.63) is 34.3 Å². The van der Waals surface area contributed by atoms with Crippen molar-refractivity contribution in [3.63, 3.8) is 0 Å². The predicted octanol–water partition coefficient (Wildman–Crippen LogP) is 5.56. The number of unbranched alkanes of at least 4 members (excludes halogenated alkanes) is 4. The van der Waals surface area contributed by atoms with Gasteiger partial charge in [0.25, 0.3) is 0 Å². The Hall–Kier alpha value is -0.870. The van der Waals surface area contributed by atoms with E-state index in [9.17, 15) is 4.79 Å². The Labute approximate surface area is 155 Å². The van der Waals surface area contributed by atoms with E-state index in [0.717, 1.165) is 17.4 Å². The Morgan fingerprint density at radius 1 is 1.12 bits per heavy atom. The molecule has 0 aliphatic heterocycles. The van der Waals surface area contributed by atoms with Crippen LogP contribution < -0.4 is 0 Å². The summed E-state index contributed by atoms with van der Waals surface area (Å²) in [6.07, 6.45) is 7.81. The van der Waals surface area contributed by atoms with Crippen LogP contribution in [0.5, 0.6) is 0 Å². The number of hydrogen-bond donors (Lipinski definition) is 0. The summed E-state index contributed by atoms with van der Waals surface area (Å²) in [5.41, 5.74) is 1.26. The van der Waals surface area contributed by atoms with Crippen LogP contribution >= 0.6 is 15.9 Å². The first-order chi connectivity index (χ1) is 11.6. The van der Waals surface area contributed by atoms with Crippen molar-refractivity contribution in [1.29, 1.82) is 0 Å². The second kappa shape index (κ2) is 12.5. The first kappa shape index (κ1) is 21.2. The van der Waals surface area contributed by atoms with Gasteiger partial charge in [0.1, 0.15) is 0 Å². The van der Waals surface area contributed by atoms with Crippen LogP contribution in [0.2, 0.25) is 0 Å². The molecule has 1 aromatic rings. The zero-order valence-electron chi connectivity index (χ0n) is 15.4. The monoisotopic (exact) mass is 397 g/mol. The van der Waals surface area contributed by atoms with E-state index in [2.05, 4.69) is 59.1 Å². The molecule has 3 nitrogen and oxygen atoms in total. The van der Waals surface area contributed by atoms with E-state index in [0.29, 0.717) is 13.0 Å². The number of carbonyl (C=O) groups is 1. The molecular weight excluding hydrogens is 366 g/mol. The predicted molar refractivity (Wildman–Crippen MR) is 104 cm³/mol. The molecule has 1 aromatic carbocycles. The van der Waals surface area contributed by atoms with Gasteiger partial charge in [0.2, 0.25) is 0 Å². The van der Waals surface area contributed by atoms with Gasteiger partial charge in [-0.2, -0.15) is 0 Å². The highest BCUT2D eigenvalue weighted by Gasteiger charge is 2.19. The van der Waals surface area contributed by atoms with Gasteiger partial charge in [-0.15, -0.1) is 0 Å². The molecule has 0 bridgehead atoms. The molecule has 4 heteroatoms. The lowest BCUT2D eigenvalue weighted by Gasteiger charge is -2.27. The van der Waals surface area contributed by atoms with Crippen LogP contribution in [0.4, 0.5) is 0 Å². The van der Waals surface area contributed by atoms with Gasteiger partial charge >= 0.3 is 5.97 Å². The van der Waals surface area contributed by atoms with E-state index >= 15 is 0 Å². The Morgan fingerprint density at radius 3 is 2.42 bits per heavy atom. The Kier molecular flexibility index (Phi) is 11.0. The summed E-state index contributed by atoms with van der Waals surface area (Å²) in [5.74, 6) is -0.0845.